The molecule has 1 heterocycles. The van der Waals surface area contributed by atoms with E-state index in [9.17, 15) is 9.59 Å². The zero-order chi connectivity index (χ0) is 20.0. The molecule has 0 unspecified atom stereocenters. The number of alkyl halides is 1. The van der Waals surface area contributed by atoms with E-state index in [-0.39, 0.29) is 17.7 Å². The lowest BCUT2D eigenvalue weighted by Gasteiger charge is -2.43. The number of rotatable bonds is 6. The van der Waals surface area contributed by atoms with Gasteiger partial charge in [-0.3, -0.25) is 9.59 Å². The van der Waals surface area contributed by atoms with Crippen LogP contribution in [0.15, 0.2) is 24.3 Å². The summed E-state index contributed by atoms with van der Waals surface area (Å²) >= 11 is 11.5. The maximum absolute atomic E-state index is 13.5. The summed E-state index contributed by atoms with van der Waals surface area (Å²) in [4.78, 5) is 26.9. The molecule has 1 aliphatic heterocycles. The van der Waals surface area contributed by atoms with Crippen molar-refractivity contribution < 1.29 is 9.59 Å². The van der Waals surface area contributed by atoms with Gasteiger partial charge in [0.2, 0.25) is 11.8 Å². The third kappa shape index (κ3) is 5.32. The highest BCUT2D eigenvalue weighted by Gasteiger charge is 2.42. The zero-order valence-corrected chi connectivity index (χ0v) is 17.7. The van der Waals surface area contributed by atoms with Gasteiger partial charge in [0.15, 0.2) is 0 Å². The van der Waals surface area contributed by atoms with Gasteiger partial charge < -0.3 is 15.5 Å². The molecule has 1 aromatic carbocycles. The Kier molecular flexibility index (Phi) is 7.47. The van der Waals surface area contributed by atoms with E-state index in [1.54, 1.807) is 0 Å². The molecule has 5 nitrogen and oxygen atoms in total. The van der Waals surface area contributed by atoms with Crippen LogP contribution in [0, 0.1) is 5.92 Å². The number of anilines is 1. The molecule has 154 valence electrons. The van der Waals surface area contributed by atoms with Crippen molar-refractivity contribution in [3.63, 3.8) is 0 Å². The highest BCUT2D eigenvalue weighted by Crippen LogP contribution is 2.35. The molecule has 0 aromatic heterocycles. The first-order chi connectivity index (χ1) is 13.5. The number of halogens is 2. The number of carbonyl (C=O) groups is 2. The van der Waals surface area contributed by atoms with Crippen LogP contribution in [0.1, 0.15) is 44.9 Å². The van der Waals surface area contributed by atoms with Gasteiger partial charge in [0.25, 0.3) is 0 Å². The first kappa shape index (κ1) is 21.3. The Morgan fingerprint density at radius 2 is 1.71 bits per heavy atom. The van der Waals surface area contributed by atoms with Gasteiger partial charge >= 0.3 is 0 Å². The summed E-state index contributed by atoms with van der Waals surface area (Å²) in [6.07, 6.45) is 6.84. The van der Waals surface area contributed by atoms with Crippen LogP contribution in [-0.2, 0) is 9.59 Å². The molecule has 1 saturated carbocycles. The van der Waals surface area contributed by atoms with Crippen LogP contribution >= 0.6 is 23.2 Å². The summed E-state index contributed by atoms with van der Waals surface area (Å²) < 4.78 is 0. The summed E-state index contributed by atoms with van der Waals surface area (Å²) in [5, 5.41) is 7.11. The van der Waals surface area contributed by atoms with E-state index >= 15 is 0 Å². The van der Waals surface area contributed by atoms with Crippen LogP contribution in [0.3, 0.4) is 0 Å². The number of benzene rings is 1. The van der Waals surface area contributed by atoms with Crippen molar-refractivity contribution in [1.82, 2.24) is 10.2 Å². The molecule has 0 radical (unpaired) electrons. The lowest BCUT2D eigenvalue weighted by molar-refractivity contribution is -0.138. The smallest absolute Gasteiger partial charge is 0.248 e. The summed E-state index contributed by atoms with van der Waals surface area (Å²) in [7, 11) is 0. The summed E-state index contributed by atoms with van der Waals surface area (Å²) in [6, 6.07) is 7.59. The van der Waals surface area contributed by atoms with E-state index in [1.165, 1.54) is 6.42 Å². The number of hydrogen-bond donors (Lipinski definition) is 2. The molecule has 1 aliphatic carbocycles. The van der Waals surface area contributed by atoms with Crippen LogP contribution < -0.4 is 10.6 Å². The summed E-state index contributed by atoms with van der Waals surface area (Å²) in [6.45, 7) is 2.12. The van der Waals surface area contributed by atoms with E-state index in [0.717, 1.165) is 57.3 Å². The van der Waals surface area contributed by atoms with Gasteiger partial charge in [-0.05, 0) is 55.9 Å². The summed E-state index contributed by atoms with van der Waals surface area (Å²) in [5.74, 6) is 0.484. The van der Waals surface area contributed by atoms with Crippen LogP contribution in [0.2, 0.25) is 5.02 Å². The number of piperidine rings is 1. The molecule has 1 saturated heterocycles. The topological polar surface area (TPSA) is 61.4 Å². The van der Waals surface area contributed by atoms with Crippen LogP contribution in [-0.4, -0.2) is 47.8 Å². The first-order valence-electron chi connectivity index (χ1n) is 10.2. The highest BCUT2D eigenvalue weighted by molar-refractivity contribution is 6.30. The molecule has 2 amide bonds. The normalized spacial score (nSPS) is 19.9. The lowest BCUT2D eigenvalue weighted by Crippen LogP contribution is -2.56. The largest absolute Gasteiger partial charge is 0.371 e. The summed E-state index contributed by atoms with van der Waals surface area (Å²) in [5.41, 5.74) is 0.421. The van der Waals surface area contributed by atoms with Gasteiger partial charge in [-0.2, -0.15) is 0 Å². The Hall–Kier alpha value is -1.46. The number of amides is 2. The zero-order valence-electron chi connectivity index (χ0n) is 16.2. The van der Waals surface area contributed by atoms with Crippen molar-refractivity contribution in [2.75, 3.05) is 30.8 Å². The molecule has 2 N–H and O–H groups in total. The molecular weight excluding hydrogens is 397 g/mol. The molecule has 2 aliphatic rings. The molecule has 0 bridgehead atoms. The van der Waals surface area contributed by atoms with Gasteiger partial charge in [-0.1, -0.05) is 30.9 Å². The minimum Gasteiger partial charge on any atom is -0.371 e. The maximum atomic E-state index is 13.5. The van der Waals surface area contributed by atoms with Gasteiger partial charge in [-0.15, -0.1) is 11.6 Å². The Morgan fingerprint density at radius 3 is 2.32 bits per heavy atom. The van der Waals surface area contributed by atoms with E-state index in [0.29, 0.717) is 17.5 Å². The van der Waals surface area contributed by atoms with E-state index in [1.807, 2.05) is 29.2 Å². The second-order valence-electron chi connectivity index (χ2n) is 7.95. The van der Waals surface area contributed by atoms with Crippen LogP contribution in [0.25, 0.3) is 0 Å². The number of nitrogens with zero attached hydrogens (tertiary/aromatic N) is 1. The molecule has 7 heteroatoms. The fraction of sp³-hybridized carbons (Fsp3) is 0.619. The monoisotopic (exact) mass is 425 g/mol. The van der Waals surface area contributed by atoms with Crippen molar-refractivity contribution in [3.05, 3.63) is 29.3 Å². The second kappa shape index (κ2) is 9.84. The van der Waals surface area contributed by atoms with Crippen LogP contribution in [0.5, 0.6) is 0 Å². The molecule has 28 heavy (non-hydrogen) atoms. The number of likely N-dealkylation sites (tertiary alicyclic amines) is 1. The standard InChI is InChI=1S/C21H29Cl2N3O2/c22-14-19(27)24-15-16-8-12-26(13-9-16)20(28)21(10-2-1-3-11-21)25-18-6-4-17(23)5-7-18/h4-7,16,25H,1-3,8-15H2,(H,24,27). The number of nitrogens with one attached hydrogen (secondary N) is 2. The van der Waals surface area contributed by atoms with Crippen molar-refractivity contribution in [1.29, 1.82) is 0 Å². The number of hydrogen-bond acceptors (Lipinski definition) is 3. The van der Waals surface area contributed by atoms with Crippen molar-refractivity contribution >= 4 is 40.7 Å². The average Bonchev–Trinajstić information content (AvgIpc) is 2.74. The van der Waals surface area contributed by atoms with Gasteiger partial charge in [0.1, 0.15) is 11.4 Å². The maximum Gasteiger partial charge on any atom is 0.248 e. The highest BCUT2D eigenvalue weighted by atomic mass is 35.5. The third-order valence-corrected chi connectivity index (χ3v) is 6.45. The van der Waals surface area contributed by atoms with Crippen molar-refractivity contribution in [2.24, 2.45) is 5.92 Å². The van der Waals surface area contributed by atoms with Gasteiger partial charge in [-0.25, -0.2) is 0 Å². The minimum absolute atomic E-state index is 0.00375. The molecular formula is C21H29Cl2N3O2. The quantitative estimate of drug-likeness (QED) is 0.675. The molecule has 2 fully saturated rings. The first-order valence-corrected chi connectivity index (χ1v) is 11.1. The fourth-order valence-electron chi connectivity index (χ4n) is 4.31. The SMILES string of the molecule is O=C(CCl)NCC1CCN(C(=O)C2(Nc3ccc(Cl)cc3)CCCCC2)CC1. The predicted molar refractivity (Wildman–Crippen MR) is 114 cm³/mol. The van der Waals surface area contributed by atoms with Gasteiger partial charge in [0, 0.05) is 30.3 Å². The molecule has 0 atom stereocenters. The van der Waals surface area contributed by atoms with E-state index in [2.05, 4.69) is 10.6 Å². The van der Waals surface area contributed by atoms with Crippen molar-refractivity contribution in [2.45, 2.75) is 50.5 Å². The lowest BCUT2D eigenvalue weighted by atomic mass is 9.79. The second-order valence-corrected chi connectivity index (χ2v) is 8.65. The predicted octanol–water partition coefficient (Wildman–Crippen LogP) is 4.05. The Bertz CT molecular complexity index is 667. The molecule has 0 spiro atoms. The Morgan fingerprint density at radius 1 is 1.07 bits per heavy atom. The third-order valence-electron chi connectivity index (χ3n) is 5.96. The average molecular weight is 426 g/mol. The van der Waals surface area contributed by atoms with Gasteiger partial charge in [0.05, 0.1) is 0 Å². The Balaban J connectivity index is 1.62. The molecule has 3 rings (SSSR count). The van der Waals surface area contributed by atoms with Crippen LogP contribution in [0.4, 0.5) is 5.69 Å². The fourth-order valence-corrected chi connectivity index (χ4v) is 4.53. The molecule has 1 aromatic rings. The van der Waals surface area contributed by atoms with E-state index < -0.39 is 5.54 Å². The van der Waals surface area contributed by atoms with Crippen molar-refractivity contribution in [3.8, 4) is 0 Å². The number of carbonyl (C=O) groups excluding carboxylic acids is 2. The van der Waals surface area contributed by atoms with E-state index in [4.69, 9.17) is 23.2 Å². The Labute approximate surface area is 177 Å². The minimum atomic E-state index is -0.522.